The standard InChI is InChI=1S/C14H17BrO3/c1-4-18-13(16)14(2)8-11(14)10-7-9(17-3)5-6-12(10)15/h5-7,11H,4,8H2,1-3H3/t11-,14-/m1/s1. The molecule has 2 atom stereocenters. The number of rotatable bonds is 4. The highest BCUT2D eigenvalue weighted by molar-refractivity contribution is 9.10. The fourth-order valence-corrected chi connectivity index (χ4v) is 2.78. The minimum Gasteiger partial charge on any atom is -0.497 e. The highest BCUT2D eigenvalue weighted by Crippen LogP contribution is 2.61. The lowest BCUT2D eigenvalue weighted by Crippen LogP contribution is -2.17. The number of hydrogen-bond acceptors (Lipinski definition) is 3. The molecule has 0 unspecified atom stereocenters. The summed E-state index contributed by atoms with van der Waals surface area (Å²) < 4.78 is 11.4. The van der Waals surface area contributed by atoms with Crippen LogP contribution in [-0.2, 0) is 9.53 Å². The van der Waals surface area contributed by atoms with Crippen LogP contribution < -0.4 is 4.74 Å². The first kappa shape index (κ1) is 13.4. The lowest BCUT2D eigenvalue weighted by molar-refractivity contribution is -0.149. The third-order valence-electron chi connectivity index (χ3n) is 3.56. The molecule has 0 bridgehead atoms. The van der Waals surface area contributed by atoms with E-state index >= 15 is 0 Å². The predicted molar refractivity (Wildman–Crippen MR) is 72.8 cm³/mol. The molecule has 3 nitrogen and oxygen atoms in total. The van der Waals surface area contributed by atoms with Crippen molar-refractivity contribution in [2.24, 2.45) is 5.41 Å². The summed E-state index contributed by atoms with van der Waals surface area (Å²) >= 11 is 3.53. The van der Waals surface area contributed by atoms with Crippen LogP contribution in [0.2, 0.25) is 0 Å². The van der Waals surface area contributed by atoms with E-state index < -0.39 is 0 Å². The summed E-state index contributed by atoms with van der Waals surface area (Å²) in [4.78, 5) is 11.9. The molecule has 0 spiro atoms. The minimum absolute atomic E-state index is 0.107. The Morgan fingerprint density at radius 3 is 2.89 bits per heavy atom. The molecule has 0 saturated heterocycles. The van der Waals surface area contributed by atoms with Gasteiger partial charge in [0.2, 0.25) is 0 Å². The molecule has 1 aromatic rings. The zero-order valence-corrected chi connectivity index (χ0v) is 12.4. The molecule has 1 aliphatic carbocycles. The molecule has 0 N–H and O–H groups in total. The molecule has 0 amide bonds. The van der Waals surface area contributed by atoms with Crippen molar-refractivity contribution in [2.75, 3.05) is 13.7 Å². The highest BCUT2D eigenvalue weighted by atomic mass is 79.9. The van der Waals surface area contributed by atoms with Crippen molar-refractivity contribution in [1.82, 2.24) is 0 Å². The fraction of sp³-hybridized carbons (Fsp3) is 0.500. The molecule has 4 heteroatoms. The normalized spacial score (nSPS) is 25.7. The van der Waals surface area contributed by atoms with E-state index in [0.29, 0.717) is 6.61 Å². The molecule has 1 aliphatic rings. The van der Waals surface area contributed by atoms with Crippen LogP contribution in [0.3, 0.4) is 0 Å². The van der Waals surface area contributed by atoms with E-state index in [1.54, 1.807) is 7.11 Å². The molecule has 0 radical (unpaired) electrons. The fourth-order valence-electron chi connectivity index (χ4n) is 2.26. The molecule has 1 saturated carbocycles. The first-order valence-electron chi connectivity index (χ1n) is 6.03. The van der Waals surface area contributed by atoms with E-state index in [1.807, 2.05) is 32.0 Å². The van der Waals surface area contributed by atoms with Gasteiger partial charge in [-0.15, -0.1) is 0 Å². The number of carbonyl (C=O) groups excluding carboxylic acids is 1. The topological polar surface area (TPSA) is 35.5 Å². The molecule has 2 rings (SSSR count). The van der Waals surface area contributed by atoms with Crippen LogP contribution in [0, 0.1) is 5.41 Å². The van der Waals surface area contributed by atoms with Crippen LogP contribution in [0.5, 0.6) is 5.75 Å². The van der Waals surface area contributed by atoms with Gasteiger partial charge in [0, 0.05) is 10.4 Å². The molecule has 0 aromatic heterocycles. The van der Waals surface area contributed by atoms with Crippen molar-refractivity contribution >= 4 is 21.9 Å². The van der Waals surface area contributed by atoms with E-state index in [9.17, 15) is 4.79 Å². The third-order valence-corrected chi connectivity index (χ3v) is 4.28. The van der Waals surface area contributed by atoms with E-state index in [2.05, 4.69) is 15.9 Å². The van der Waals surface area contributed by atoms with Crippen LogP contribution in [0.1, 0.15) is 31.7 Å². The average molecular weight is 313 g/mol. The quantitative estimate of drug-likeness (QED) is 0.798. The Kier molecular flexibility index (Phi) is 3.66. The Morgan fingerprint density at radius 1 is 1.56 bits per heavy atom. The third kappa shape index (κ3) is 2.26. The van der Waals surface area contributed by atoms with Gasteiger partial charge in [-0.3, -0.25) is 4.79 Å². The molecule has 1 aromatic carbocycles. The smallest absolute Gasteiger partial charge is 0.312 e. The molecule has 98 valence electrons. The summed E-state index contributed by atoms with van der Waals surface area (Å²) in [6.07, 6.45) is 0.831. The number of ether oxygens (including phenoxy) is 2. The van der Waals surface area contributed by atoms with Gasteiger partial charge < -0.3 is 9.47 Å². The van der Waals surface area contributed by atoms with Crippen LogP contribution in [-0.4, -0.2) is 19.7 Å². The first-order valence-corrected chi connectivity index (χ1v) is 6.83. The molecule has 0 aliphatic heterocycles. The van der Waals surface area contributed by atoms with Gasteiger partial charge in [-0.05, 0) is 44.0 Å². The highest BCUT2D eigenvalue weighted by Gasteiger charge is 2.58. The van der Waals surface area contributed by atoms with Gasteiger partial charge in [-0.25, -0.2) is 0 Å². The van der Waals surface area contributed by atoms with Gasteiger partial charge >= 0.3 is 5.97 Å². The summed E-state index contributed by atoms with van der Waals surface area (Å²) in [5, 5.41) is 0. The number of halogens is 1. The lowest BCUT2D eigenvalue weighted by atomic mass is 10.0. The maximum atomic E-state index is 11.9. The number of hydrogen-bond donors (Lipinski definition) is 0. The van der Waals surface area contributed by atoms with E-state index in [0.717, 1.165) is 22.2 Å². The Balaban J connectivity index is 2.22. The van der Waals surface area contributed by atoms with Crippen molar-refractivity contribution in [2.45, 2.75) is 26.2 Å². The Bertz CT molecular complexity index is 472. The summed E-state index contributed by atoms with van der Waals surface area (Å²) in [5.41, 5.74) is 0.732. The van der Waals surface area contributed by atoms with Crippen molar-refractivity contribution in [3.05, 3.63) is 28.2 Å². The van der Waals surface area contributed by atoms with Crippen LogP contribution in [0.15, 0.2) is 22.7 Å². The predicted octanol–water partition coefficient (Wildman–Crippen LogP) is 3.51. The number of methoxy groups -OCH3 is 1. The Labute approximate surface area is 116 Å². The summed E-state index contributed by atoms with van der Waals surface area (Å²) in [7, 11) is 1.64. The second kappa shape index (κ2) is 4.92. The minimum atomic E-state index is -0.384. The number of benzene rings is 1. The van der Waals surface area contributed by atoms with Crippen LogP contribution in [0.4, 0.5) is 0 Å². The maximum Gasteiger partial charge on any atom is 0.312 e. The van der Waals surface area contributed by atoms with Crippen LogP contribution in [0.25, 0.3) is 0 Å². The zero-order valence-electron chi connectivity index (χ0n) is 10.8. The Hall–Kier alpha value is -1.03. The molecule has 18 heavy (non-hydrogen) atoms. The SMILES string of the molecule is CCOC(=O)[C@]1(C)C[C@@H]1c1cc(OC)ccc1Br. The van der Waals surface area contributed by atoms with E-state index in [4.69, 9.17) is 9.47 Å². The lowest BCUT2D eigenvalue weighted by Gasteiger charge is -2.12. The van der Waals surface area contributed by atoms with Crippen molar-refractivity contribution < 1.29 is 14.3 Å². The maximum absolute atomic E-state index is 11.9. The van der Waals surface area contributed by atoms with Crippen LogP contribution >= 0.6 is 15.9 Å². The zero-order chi connectivity index (χ0) is 13.3. The van der Waals surface area contributed by atoms with Gasteiger partial charge in [0.15, 0.2) is 0 Å². The van der Waals surface area contributed by atoms with E-state index in [-0.39, 0.29) is 17.3 Å². The molecular formula is C14H17BrO3. The summed E-state index contributed by atoms with van der Waals surface area (Å²) in [6.45, 7) is 4.22. The van der Waals surface area contributed by atoms with Gasteiger partial charge in [-0.2, -0.15) is 0 Å². The van der Waals surface area contributed by atoms with Crippen molar-refractivity contribution in [1.29, 1.82) is 0 Å². The van der Waals surface area contributed by atoms with E-state index in [1.165, 1.54) is 0 Å². The Morgan fingerprint density at radius 2 is 2.28 bits per heavy atom. The first-order chi connectivity index (χ1) is 8.52. The summed E-state index contributed by atoms with van der Waals surface area (Å²) in [5.74, 6) is 0.914. The van der Waals surface area contributed by atoms with Gasteiger partial charge in [0.25, 0.3) is 0 Å². The monoisotopic (exact) mass is 312 g/mol. The van der Waals surface area contributed by atoms with Crippen molar-refractivity contribution in [3.63, 3.8) is 0 Å². The molecule has 1 fully saturated rings. The molecule has 0 heterocycles. The summed E-state index contributed by atoms with van der Waals surface area (Å²) in [6, 6.07) is 5.84. The van der Waals surface area contributed by atoms with Gasteiger partial charge in [-0.1, -0.05) is 15.9 Å². The van der Waals surface area contributed by atoms with Gasteiger partial charge in [0.1, 0.15) is 5.75 Å². The van der Waals surface area contributed by atoms with Gasteiger partial charge in [0.05, 0.1) is 19.1 Å². The molecular weight excluding hydrogens is 296 g/mol. The number of carbonyl (C=O) groups is 1. The largest absolute Gasteiger partial charge is 0.497 e. The average Bonchev–Trinajstić information content (AvgIpc) is 3.04. The van der Waals surface area contributed by atoms with Crippen molar-refractivity contribution in [3.8, 4) is 5.75 Å². The second-order valence-corrected chi connectivity index (χ2v) is 5.64. The second-order valence-electron chi connectivity index (χ2n) is 4.78. The number of esters is 1.